The van der Waals surface area contributed by atoms with Crippen molar-refractivity contribution in [1.29, 1.82) is 0 Å². The van der Waals surface area contributed by atoms with Crippen LogP contribution in [-0.4, -0.2) is 30.5 Å². The van der Waals surface area contributed by atoms with E-state index in [9.17, 15) is 4.79 Å². The number of amides is 1. The Kier molecular flexibility index (Phi) is 5.58. The number of pyridine rings is 1. The van der Waals surface area contributed by atoms with Gasteiger partial charge in [-0.25, -0.2) is 4.98 Å². The monoisotopic (exact) mass is 250 g/mol. The van der Waals surface area contributed by atoms with E-state index in [2.05, 4.69) is 23.7 Å². The Labute approximate surface area is 108 Å². The SMILES string of the molecule is CC(C)CN(CCCN)c1ccc(C(N)=O)cn1. The molecule has 1 heterocycles. The van der Waals surface area contributed by atoms with Crippen molar-refractivity contribution in [3.05, 3.63) is 23.9 Å². The maximum atomic E-state index is 11.0. The minimum atomic E-state index is -0.452. The van der Waals surface area contributed by atoms with Gasteiger partial charge in [0.15, 0.2) is 0 Å². The van der Waals surface area contributed by atoms with Gasteiger partial charge in [-0.05, 0) is 31.0 Å². The lowest BCUT2D eigenvalue weighted by Gasteiger charge is -2.25. The molecule has 0 saturated heterocycles. The number of carbonyl (C=O) groups is 1. The van der Waals surface area contributed by atoms with Crippen LogP contribution < -0.4 is 16.4 Å². The summed E-state index contributed by atoms with van der Waals surface area (Å²) in [5, 5.41) is 0. The molecule has 1 rings (SSSR count). The molecule has 1 aromatic rings. The lowest BCUT2D eigenvalue weighted by molar-refractivity contribution is 0.1000. The third kappa shape index (κ3) is 4.33. The van der Waals surface area contributed by atoms with Crippen LogP contribution in [0.5, 0.6) is 0 Å². The van der Waals surface area contributed by atoms with Gasteiger partial charge in [-0.3, -0.25) is 4.79 Å². The summed E-state index contributed by atoms with van der Waals surface area (Å²) < 4.78 is 0. The molecule has 18 heavy (non-hydrogen) atoms. The summed E-state index contributed by atoms with van der Waals surface area (Å²) in [5.74, 6) is 0.953. The van der Waals surface area contributed by atoms with Gasteiger partial charge in [0.05, 0.1) is 5.56 Å². The molecule has 0 aliphatic rings. The molecule has 0 aromatic carbocycles. The van der Waals surface area contributed by atoms with Crippen molar-refractivity contribution in [2.45, 2.75) is 20.3 Å². The second-order valence-electron chi connectivity index (χ2n) is 4.75. The summed E-state index contributed by atoms with van der Waals surface area (Å²) in [6.07, 6.45) is 2.44. The smallest absolute Gasteiger partial charge is 0.250 e. The highest BCUT2D eigenvalue weighted by Crippen LogP contribution is 2.13. The van der Waals surface area contributed by atoms with Gasteiger partial charge in [0.1, 0.15) is 5.82 Å². The largest absolute Gasteiger partial charge is 0.366 e. The molecule has 0 unspecified atom stereocenters. The molecule has 4 N–H and O–H groups in total. The minimum absolute atomic E-state index is 0.432. The van der Waals surface area contributed by atoms with Crippen molar-refractivity contribution in [3.63, 3.8) is 0 Å². The number of carbonyl (C=O) groups excluding carboxylic acids is 1. The van der Waals surface area contributed by atoms with Crippen LogP contribution in [0.4, 0.5) is 5.82 Å². The van der Waals surface area contributed by atoms with Crippen LogP contribution in [0.25, 0.3) is 0 Å². The van der Waals surface area contributed by atoms with Gasteiger partial charge in [-0.2, -0.15) is 0 Å². The molecule has 0 bridgehead atoms. The predicted octanol–water partition coefficient (Wildman–Crippen LogP) is 0.992. The molecular formula is C13H22N4O. The Balaban J connectivity index is 2.80. The zero-order valence-corrected chi connectivity index (χ0v) is 11.1. The van der Waals surface area contributed by atoms with Crippen LogP contribution in [-0.2, 0) is 0 Å². The Morgan fingerprint density at radius 3 is 2.61 bits per heavy atom. The highest BCUT2D eigenvalue weighted by molar-refractivity contribution is 5.92. The van der Waals surface area contributed by atoms with E-state index in [-0.39, 0.29) is 0 Å². The van der Waals surface area contributed by atoms with E-state index in [4.69, 9.17) is 11.5 Å². The van der Waals surface area contributed by atoms with Gasteiger partial charge in [0.2, 0.25) is 5.91 Å². The second-order valence-corrected chi connectivity index (χ2v) is 4.75. The first kappa shape index (κ1) is 14.4. The normalized spacial score (nSPS) is 10.7. The number of nitrogens with zero attached hydrogens (tertiary/aromatic N) is 2. The number of primary amides is 1. The summed E-state index contributed by atoms with van der Waals surface area (Å²) in [5.41, 5.74) is 11.2. The van der Waals surface area contributed by atoms with Crippen LogP contribution in [0.3, 0.4) is 0 Å². The molecule has 0 saturated carbocycles. The maximum Gasteiger partial charge on any atom is 0.250 e. The molecule has 0 radical (unpaired) electrons. The van der Waals surface area contributed by atoms with Gasteiger partial charge in [-0.15, -0.1) is 0 Å². The molecule has 1 amide bonds. The first-order chi connectivity index (χ1) is 8.54. The van der Waals surface area contributed by atoms with Gasteiger partial charge >= 0.3 is 0 Å². The average Bonchev–Trinajstić information content (AvgIpc) is 2.34. The topological polar surface area (TPSA) is 85.2 Å². The molecule has 5 nitrogen and oxygen atoms in total. The Morgan fingerprint density at radius 2 is 2.17 bits per heavy atom. The van der Waals surface area contributed by atoms with Gasteiger partial charge in [-0.1, -0.05) is 13.8 Å². The number of aromatic nitrogens is 1. The zero-order chi connectivity index (χ0) is 13.5. The quantitative estimate of drug-likeness (QED) is 0.755. The first-order valence-electron chi connectivity index (χ1n) is 6.25. The lowest BCUT2D eigenvalue weighted by Crippen LogP contribution is -2.30. The maximum absolute atomic E-state index is 11.0. The number of anilines is 1. The molecular weight excluding hydrogens is 228 g/mol. The van der Waals surface area contributed by atoms with Crippen LogP contribution in [0, 0.1) is 5.92 Å². The number of hydrogen-bond acceptors (Lipinski definition) is 4. The van der Waals surface area contributed by atoms with Gasteiger partial charge in [0, 0.05) is 19.3 Å². The highest BCUT2D eigenvalue weighted by Gasteiger charge is 2.10. The van der Waals surface area contributed by atoms with Crippen molar-refractivity contribution in [2.24, 2.45) is 17.4 Å². The zero-order valence-electron chi connectivity index (χ0n) is 11.1. The average molecular weight is 250 g/mol. The highest BCUT2D eigenvalue weighted by atomic mass is 16.1. The summed E-state index contributed by atoms with van der Waals surface area (Å²) in [6, 6.07) is 3.54. The molecule has 0 atom stereocenters. The fourth-order valence-electron chi connectivity index (χ4n) is 1.74. The third-order valence-corrected chi connectivity index (χ3v) is 2.57. The Bertz CT molecular complexity index is 375. The molecule has 100 valence electrons. The first-order valence-corrected chi connectivity index (χ1v) is 6.25. The van der Waals surface area contributed by atoms with Crippen molar-refractivity contribution < 1.29 is 4.79 Å². The third-order valence-electron chi connectivity index (χ3n) is 2.57. The lowest BCUT2D eigenvalue weighted by atomic mass is 10.2. The van der Waals surface area contributed by atoms with Gasteiger partial charge < -0.3 is 16.4 Å². The van der Waals surface area contributed by atoms with E-state index in [1.807, 2.05) is 6.07 Å². The fourth-order valence-corrected chi connectivity index (χ4v) is 1.74. The van der Waals surface area contributed by atoms with Gasteiger partial charge in [0.25, 0.3) is 0 Å². The van der Waals surface area contributed by atoms with Crippen LogP contribution >= 0.6 is 0 Å². The molecule has 0 fully saturated rings. The second kappa shape index (κ2) is 6.96. The fraction of sp³-hybridized carbons (Fsp3) is 0.538. The summed E-state index contributed by atoms with van der Waals surface area (Å²) in [4.78, 5) is 17.5. The molecule has 1 aromatic heterocycles. The molecule has 0 spiro atoms. The minimum Gasteiger partial charge on any atom is -0.366 e. The van der Waals surface area contributed by atoms with Crippen molar-refractivity contribution in [2.75, 3.05) is 24.5 Å². The van der Waals surface area contributed by atoms with E-state index in [1.54, 1.807) is 6.07 Å². The van der Waals surface area contributed by atoms with Crippen LogP contribution in [0.1, 0.15) is 30.6 Å². The van der Waals surface area contributed by atoms with Crippen LogP contribution in [0.2, 0.25) is 0 Å². The molecule has 5 heteroatoms. The standard InChI is InChI=1S/C13H22N4O/c1-10(2)9-17(7-3-6-14)12-5-4-11(8-16-12)13(15)18/h4-5,8,10H,3,6-7,9,14H2,1-2H3,(H2,15,18). The summed E-state index contributed by atoms with van der Waals surface area (Å²) in [7, 11) is 0. The number of hydrogen-bond donors (Lipinski definition) is 2. The summed E-state index contributed by atoms with van der Waals surface area (Å²) >= 11 is 0. The Morgan fingerprint density at radius 1 is 1.44 bits per heavy atom. The predicted molar refractivity (Wildman–Crippen MR) is 73.5 cm³/mol. The van der Waals surface area contributed by atoms with Crippen molar-refractivity contribution >= 4 is 11.7 Å². The summed E-state index contributed by atoms with van der Waals surface area (Å²) in [6.45, 7) is 6.77. The molecule has 0 aliphatic carbocycles. The van der Waals surface area contributed by atoms with E-state index >= 15 is 0 Å². The van der Waals surface area contributed by atoms with E-state index in [1.165, 1.54) is 6.20 Å². The van der Waals surface area contributed by atoms with E-state index < -0.39 is 5.91 Å². The van der Waals surface area contributed by atoms with E-state index in [0.717, 1.165) is 25.3 Å². The Hall–Kier alpha value is -1.62. The number of nitrogens with two attached hydrogens (primary N) is 2. The molecule has 0 aliphatic heterocycles. The van der Waals surface area contributed by atoms with E-state index in [0.29, 0.717) is 18.0 Å². The van der Waals surface area contributed by atoms with Crippen LogP contribution in [0.15, 0.2) is 18.3 Å². The number of rotatable bonds is 7. The van der Waals surface area contributed by atoms with Crippen molar-refractivity contribution in [1.82, 2.24) is 4.98 Å². The van der Waals surface area contributed by atoms with Crippen molar-refractivity contribution in [3.8, 4) is 0 Å².